The van der Waals surface area contributed by atoms with Crippen LogP contribution in [0.4, 0.5) is 0 Å². The van der Waals surface area contributed by atoms with Crippen LogP contribution >= 0.6 is 15.9 Å². The molecule has 1 saturated carbocycles. The van der Waals surface area contributed by atoms with Gasteiger partial charge in [0.1, 0.15) is 5.75 Å². The van der Waals surface area contributed by atoms with E-state index in [1.165, 1.54) is 12.8 Å². The minimum absolute atomic E-state index is 0.0743. The summed E-state index contributed by atoms with van der Waals surface area (Å²) >= 11 is 3.39. The second-order valence-corrected chi connectivity index (χ2v) is 6.07. The number of benzene rings is 1. The predicted octanol–water partition coefficient (Wildman–Crippen LogP) is 2.46. The summed E-state index contributed by atoms with van der Waals surface area (Å²) in [6, 6.07) is 7.85. The third-order valence-corrected chi connectivity index (χ3v) is 3.90. The van der Waals surface area contributed by atoms with E-state index in [-0.39, 0.29) is 11.9 Å². The Morgan fingerprint density at radius 2 is 2.30 bits per heavy atom. The number of nitrogens with one attached hydrogen (secondary N) is 1. The normalized spacial score (nSPS) is 15.7. The molecule has 1 atom stereocenters. The molecule has 2 rings (SSSR count). The molecule has 0 aromatic heterocycles. The highest BCUT2D eigenvalue weighted by atomic mass is 79.9. The molecule has 20 heavy (non-hydrogen) atoms. The van der Waals surface area contributed by atoms with Crippen molar-refractivity contribution in [2.24, 2.45) is 11.7 Å². The fourth-order valence-electron chi connectivity index (χ4n) is 2.13. The molecule has 1 aliphatic rings. The second-order valence-electron chi connectivity index (χ2n) is 5.16. The van der Waals surface area contributed by atoms with Gasteiger partial charge >= 0.3 is 0 Å². The van der Waals surface area contributed by atoms with Gasteiger partial charge in [-0.1, -0.05) is 22.0 Å². The lowest BCUT2D eigenvalue weighted by Crippen LogP contribution is -2.41. The van der Waals surface area contributed by atoms with Crippen molar-refractivity contribution in [3.8, 4) is 5.75 Å². The van der Waals surface area contributed by atoms with Gasteiger partial charge in [-0.05, 0) is 43.4 Å². The lowest BCUT2D eigenvalue weighted by molar-refractivity contribution is -0.122. The average molecular weight is 341 g/mol. The number of halogens is 1. The van der Waals surface area contributed by atoms with E-state index in [9.17, 15) is 4.79 Å². The highest BCUT2D eigenvalue weighted by molar-refractivity contribution is 9.10. The van der Waals surface area contributed by atoms with Crippen LogP contribution in [0.1, 0.15) is 25.7 Å². The number of rotatable bonds is 8. The van der Waals surface area contributed by atoms with Gasteiger partial charge in [0.25, 0.3) is 0 Å². The van der Waals surface area contributed by atoms with Crippen LogP contribution in [0, 0.1) is 5.92 Å². The standard InChI is InChI=1S/C15H21BrN2O2/c16-12-3-1-4-13(9-12)20-8-2-5-15(19)18-14(10-17)11-6-7-11/h1,3-4,9,11,14H,2,5-8,10,17H2,(H,18,19). The molecular formula is C15H21BrN2O2. The molecule has 0 bridgehead atoms. The minimum atomic E-state index is 0.0743. The van der Waals surface area contributed by atoms with Crippen LogP contribution in [-0.2, 0) is 4.79 Å². The fraction of sp³-hybridized carbons (Fsp3) is 0.533. The minimum Gasteiger partial charge on any atom is -0.494 e. The first-order chi connectivity index (χ1) is 9.69. The second kappa shape index (κ2) is 7.64. The molecule has 0 aliphatic heterocycles. The van der Waals surface area contributed by atoms with Crippen LogP contribution in [0.15, 0.2) is 28.7 Å². The van der Waals surface area contributed by atoms with Gasteiger partial charge in [-0.2, -0.15) is 0 Å². The molecule has 1 unspecified atom stereocenters. The maximum Gasteiger partial charge on any atom is 0.220 e. The van der Waals surface area contributed by atoms with Gasteiger partial charge in [-0.15, -0.1) is 0 Å². The summed E-state index contributed by atoms with van der Waals surface area (Å²) in [5.41, 5.74) is 5.66. The van der Waals surface area contributed by atoms with Gasteiger partial charge < -0.3 is 15.8 Å². The molecule has 1 aromatic rings. The van der Waals surface area contributed by atoms with Gasteiger partial charge in [0.15, 0.2) is 0 Å². The van der Waals surface area contributed by atoms with Crippen LogP contribution < -0.4 is 15.8 Å². The molecule has 1 fully saturated rings. The van der Waals surface area contributed by atoms with Crippen molar-refractivity contribution in [2.75, 3.05) is 13.2 Å². The van der Waals surface area contributed by atoms with Crippen molar-refractivity contribution < 1.29 is 9.53 Å². The third kappa shape index (κ3) is 5.13. The molecule has 0 radical (unpaired) electrons. The van der Waals surface area contributed by atoms with E-state index in [0.717, 1.165) is 10.2 Å². The first kappa shape index (κ1) is 15.3. The van der Waals surface area contributed by atoms with Crippen LogP contribution in [0.5, 0.6) is 5.75 Å². The van der Waals surface area contributed by atoms with Crippen molar-refractivity contribution >= 4 is 21.8 Å². The Kier molecular flexibility index (Phi) is 5.86. The lowest BCUT2D eigenvalue weighted by Gasteiger charge is -2.15. The maximum absolute atomic E-state index is 11.8. The van der Waals surface area contributed by atoms with Crippen LogP contribution in [0.3, 0.4) is 0 Å². The smallest absolute Gasteiger partial charge is 0.220 e. The Bertz CT molecular complexity index is 449. The summed E-state index contributed by atoms with van der Waals surface area (Å²) in [6.07, 6.45) is 3.57. The van der Waals surface area contributed by atoms with E-state index in [2.05, 4.69) is 21.2 Å². The zero-order valence-corrected chi connectivity index (χ0v) is 13.1. The molecule has 0 spiro atoms. The number of carbonyl (C=O) groups is 1. The summed E-state index contributed by atoms with van der Waals surface area (Å²) in [7, 11) is 0. The van der Waals surface area contributed by atoms with Crippen molar-refractivity contribution in [1.29, 1.82) is 0 Å². The van der Waals surface area contributed by atoms with Gasteiger partial charge in [0, 0.05) is 23.5 Å². The number of hydrogen-bond acceptors (Lipinski definition) is 3. The maximum atomic E-state index is 11.8. The molecule has 3 N–H and O–H groups in total. The molecule has 1 aromatic carbocycles. The van der Waals surface area contributed by atoms with E-state index < -0.39 is 0 Å². The zero-order chi connectivity index (χ0) is 14.4. The Morgan fingerprint density at radius 3 is 2.95 bits per heavy atom. The van der Waals surface area contributed by atoms with Crippen molar-refractivity contribution in [1.82, 2.24) is 5.32 Å². The number of ether oxygens (including phenoxy) is 1. The van der Waals surface area contributed by atoms with E-state index in [0.29, 0.717) is 31.9 Å². The molecule has 0 saturated heterocycles. The number of amides is 1. The first-order valence-corrected chi connectivity index (χ1v) is 7.86. The predicted molar refractivity (Wildman–Crippen MR) is 82.6 cm³/mol. The zero-order valence-electron chi connectivity index (χ0n) is 11.5. The molecule has 110 valence electrons. The van der Waals surface area contributed by atoms with Crippen molar-refractivity contribution in [3.05, 3.63) is 28.7 Å². The Morgan fingerprint density at radius 1 is 1.50 bits per heavy atom. The van der Waals surface area contributed by atoms with Gasteiger partial charge in [0.05, 0.1) is 6.61 Å². The summed E-state index contributed by atoms with van der Waals surface area (Å²) in [4.78, 5) is 11.8. The van der Waals surface area contributed by atoms with Gasteiger partial charge in [-0.25, -0.2) is 0 Å². The third-order valence-electron chi connectivity index (χ3n) is 3.40. The lowest BCUT2D eigenvalue weighted by atomic mass is 10.2. The number of carbonyl (C=O) groups excluding carboxylic acids is 1. The Labute approximate surface area is 128 Å². The fourth-order valence-corrected chi connectivity index (χ4v) is 2.50. The SMILES string of the molecule is NCC(NC(=O)CCCOc1cccc(Br)c1)C1CC1. The monoisotopic (exact) mass is 340 g/mol. The van der Waals surface area contributed by atoms with Gasteiger partial charge in [-0.3, -0.25) is 4.79 Å². The van der Waals surface area contributed by atoms with E-state index in [4.69, 9.17) is 10.5 Å². The summed E-state index contributed by atoms with van der Waals surface area (Å²) in [5, 5.41) is 3.01. The van der Waals surface area contributed by atoms with Crippen LogP contribution in [0.2, 0.25) is 0 Å². The Hall–Kier alpha value is -1.07. The number of nitrogens with two attached hydrogens (primary N) is 1. The topological polar surface area (TPSA) is 64.3 Å². The highest BCUT2D eigenvalue weighted by Gasteiger charge is 2.30. The molecule has 4 nitrogen and oxygen atoms in total. The van der Waals surface area contributed by atoms with E-state index >= 15 is 0 Å². The average Bonchev–Trinajstić information content (AvgIpc) is 3.25. The molecule has 1 aliphatic carbocycles. The Balaban J connectivity index is 1.61. The molecule has 0 heterocycles. The van der Waals surface area contributed by atoms with Crippen LogP contribution in [-0.4, -0.2) is 25.1 Å². The molecule has 5 heteroatoms. The number of hydrogen-bond donors (Lipinski definition) is 2. The van der Waals surface area contributed by atoms with Crippen LogP contribution in [0.25, 0.3) is 0 Å². The van der Waals surface area contributed by atoms with E-state index in [1.807, 2.05) is 24.3 Å². The van der Waals surface area contributed by atoms with Crippen molar-refractivity contribution in [3.63, 3.8) is 0 Å². The summed E-state index contributed by atoms with van der Waals surface area (Å²) < 4.78 is 6.58. The van der Waals surface area contributed by atoms with E-state index in [1.54, 1.807) is 0 Å². The highest BCUT2D eigenvalue weighted by Crippen LogP contribution is 2.32. The molecule has 1 amide bonds. The summed E-state index contributed by atoms with van der Waals surface area (Å²) in [6.45, 7) is 1.07. The van der Waals surface area contributed by atoms with Gasteiger partial charge in [0.2, 0.25) is 5.91 Å². The quantitative estimate of drug-likeness (QED) is 0.714. The first-order valence-electron chi connectivity index (χ1n) is 7.07. The summed E-state index contributed by atoms with van der Waals surface area (Å²) in [5.74, 6) is 1.49. The largest absolute Gasteiger partial charge is 0.494 e. The van der Waals surface area contributed by atoms with Crippen molar-refractivity contribution in [2.45, 2.75) is 31.7 Å². The molecular weight excluding hydrogens is 320 g/mol.